The number of phenolic OH excluding ortho intramolecular Hbond substituents is 1. The van der Waals surface area contributed by atoms with Crippen LogP contribution in [-0.2, 0) is 14.3 Å². The van der Waals surface area contributed by atoms with E-state index in [1.165, 1.54) is 37.8 Å². The predicted octanol–water partition coefficient (Wildman–Crippen LogP) is 4.11. The topological polar surface area (TPSA) is 84.9 Å². The molecule has 2 aromatic rings. The third kappa shape index (κ3) is 5.87. The van der Waals surface area contributed by atoms with Crippen LogP contribution in [0.3, 0.4) is 0 Å². The summed E-state index contributed by atoms with van der Waals surface area (Å²) in [5.74, 6) is -0.346. The van der Waals surface area contributed by atoms with E-state index >= 15 is 0 Å². The summed E-state index contributed by atoms with van der Waals surface area (Å²) in [6.45, 7) is 5.70. The summed E-state index contributed by atoms with van der Waals surface area (Å²) in [5, 5.41) is 12.3. The van der Waals surface area contributed by atoms with E-state index in [0.29, 0.717) is 22.9 Å². The number of esters is 1. The van der Waals surface area contributed by atoms with Crippen molar-refractivity contribution in [2.45, 2.75) is 32.8 Å². The van der Waals surface area contributed by atoms with E-state index in [2.05, 4.69) is 19.2 Å². The minimum absolute atomic E-state index is 0.00828. The van der Waals surface area contributed by atoms with Crippen LogP contribution >= 0.6 is 0 Å². The molecule has 1 atom stereocenters. The summed E-state index contributed by atoms with van der Waals surface area (Å²) in [6, 6.07) is 12.2. The second-order valence-electron chi connectivity index (χ2n) is 6.61. The standard InChI is InChI=1S/C22H25NO5/c1-14(2)17-7-9-18(10-8-17)23-22(26)15(3)28-21(25)12-6-16-5-11-19(24)20(13-16)27-4/h5-15,24H,1-4H3,(H,23,26)/b12-6+/t15-/m0/s1. The molecule has 0 aliphatic carbocycles. The van der Waals surface area contributed by atoms with Gasteiger partial charge < -0.3 is 19.9 Å². The number of nitrogens with one attached hydrogen (secondary N) is 1. The average Bonchev–Trinajstić information content (AvgIpc) is 2.67. The number of hydrogen-bond donors (Lipinski definition) is 2. The molecule has 0 saturated heterocycles. The molecule has 0 saturated carbocycles. The number of amides is 1. The molecular formula is C22H25NO5. The van der Waals surface area contributed by atoms with Gasteiger partial charge in [0.2, 0.25) is 0 Å². The summed E-state index contributed by atoms with van der Waals surface area (Å²) in [6.07, 6.45) is 1.78. The van der Waals surface area contributed by atoms with Crippen molar-refractivity contribution in [2.24, 2.45) is 0 Å². The first-order valence-electron chi connectivity index (χ1n) is 8.96. The van der Waals surface area contributed by atoms with Crippen LogP contribution in [0.5, 0.6) is 11.5 Å². The average molecular weight is 383 g/mol. The lowest BCUT2D eigenvalue weighted by Crippen LogP contribution is -2.29. The quantitative estimate of drug-likeness (QED) is 0.555. The summed E-state index contributed by atoms with van der Waals surface area (Å²) in [5.41, 5.74) is 2.46. The lowest BCUT2D eigenvalue weighted by atomic mass is 10.0. The number of carbonyl (C=O) groups excluding carboxylic acids is 2. The van der Waals surface area contributed by atoms with Gasteiger partial charge >= 0.3 is 5.97 Å². The first kappa shape index (κ1) is 21.0. The lowest BCUT2D eigenvalue weighted by Gasteiger charge is -2.13. The second kappa shape index (κ2) is 9.60. The Morgan fingerprint density at radius 1 is 1.07 bits per heavy atom. The Hall–Kier alpha value is -3.28. The van der Waals surface area contributed by atoms with Crippen LogP contribution in [0, 0.1) is 0 Å². The monoisotopic (exact) mass is 383 g/mol. The fourth-order valence-corrected chi connectivity index (χ4v) is 2.42. The number of carbonyl (C=O) groups is 2. The van der Waals surface area contributed by atoms with Crippen molar-refractivity contribution >= 4 is 23.6 Å². The highest BCUT2D eigenvalue weighted by molar-refractivity contribution is 5.96. The first-order valence-corrected chi connectivity index (χ1v) is 8.96. The van der Waals surface area contributed by atoms with E-state index in [4.69, 9.17) is 9.47 Å². The van der Waals surface area contributed by atoms with Gasteiger partial charge in [0.25, 0.3) is 5.91 Å². The maximum Gasteiger partial charge on any atom is 0.331 e. The molecule has 6 nitrogen and oxygen atoms in total. The van der Waals surface area contributed by atoms with E-state index in [1.54, 1.807) is 12.1 Å². The largest absolute Gasteiger partial charge is 0.504 e. The third-order valence-corrected chi connectivity index (χ3v) is 4.12. The SMILES string of the molecule is COc1cc(/C=C/C(=O)O[C@@H](C)C(=O)Nc2ccc(C(C)C)cc2)ccc1O. The van der Waals surface area contributed by atoms with Crippen molar-refractivity contribution < 1.29 is 24.2 Å². The Balaban J connectivity index is 1.91. The molecule has 0 spiro atoms. The van der Waals surface area contributed by atoms with Gasteiger partial charge in [-0.05, 0) is 54.3 Å². The Kier molecular flexibility index (Phi) is 7.21. The van der Waals surface area contributed by atoms with Crippen molar-refractivity contribution in [1.82, 2.24) is 0 Å². The number of rotatable bonds is 7. The minimum Gasteiger partial charge on any atom is -0.504 e. The molecule has 1 amide bonds. The molecule has 0 fully saturated rings. The van der Waals surface area contributed by atoms with E-state index in [-0.39, 0.29) is 5.75 Å². The molecule has 2 rings (SSSR count). The molecular weight excluding hydrogens is 358 g/mol. The van der Waals surface area contributed by atoms with Crippen LogP contribution < -0.4 is 10.1 Å². The van der Waals surface area contributed by atoms with Gasteiger partial charge in [-0.2, -0.15) is 0 Å². The fraction of sp³-hybridized carbons (Fsp3) is 0.273. The summed E-state index contributed by atoms with van der Waals surface area (Å²) < 4.78 is 10.1. The fourth-order valence-electron chi connectivity index (χ4n) is 2.42. The molecule has 6 heteroatoms. The van der Waals surface area contributed by atoms with Gasteiger partial charge in [-0.15, -0.1) is 0 Å². The number of phenols is 1. The highest BCUT2D eigenvalue weighted by Crippen LogP contribution is 2.26. The lowest BCUT2D eigenvalue weighted by molar-refractivity contribution is -0.148. The third-order valence-electron chi connectivity index (χ3n) is 4.12. The van der Waals surface area contributed by atoms with Gasteiger partial charge in [0.15, 0.2) is 17.6 Å². The Labute approximate surface area is 164 Å². The molecule has 0 unspecified atom stereocenters. The van der Waals surface area contributed by atoms with Crippen LogP contribution in [0.1, 0.15) is 37.8 Å². The van der Waals surface area contributed by atoms with Gasteiger partial charge in [-0.25, -0.2) is 4.79 Å². The Morgan fingerprint density at radius 2 is 1.75 bits per heavy atom. The molecule has 28 heavy (non-hydrogen) atoms. The highest BCUT2D eigenvalue weighted by Gasteiger charge is 2.16. The van der Waals surface area contributed by atoms with E-state index in [0.717, 1.165) is 0 Å². The van der Waals surface area contributed by atoms with E-state index < -0.39 is 18.0 Å². The molecule has 0 bridgehead atoms. The Bertz CT molecular complexity index is 856. The van der Waals surface area contributed by atoms with Gasteiger partial charge in [0.1, 0.15) is 0 Å². The molecule has 2 N–H and O–H groups in total. The molecule has 0 aliphatic heterocycles. The Morgan fingerprint density at radius 3 is 2.36 bits per heavy atom. The zero-order chi connectivity index (χ0) is 20.7. The number of aromatic hydroxyl groups is 1. The van der Waals surface area contributed by atoms with Crippen molar-refractivity contribution in [1.29, 1.82) is 0 Å². The maximum absolute atomic E-state index is 12.2. The zero-order valence-electron chi connectivity index (χ0n) is 16.4. The molecule has 0 aromatic heterocycles. The van der Waals surface area contributed by atoms with Gasteiger partial charge in [0.05, 0.1) is 7.11 Å². The van der Waals surface area contributed by atoms with Crippen LogP contribution in [0.4, 0.5) is 5.69 Å². The molecule has 0 heterocycles. The van der Waals surface area contributed by atoms with Crippen LogP contribution in [0.15, 0.2) is 48.5 Å². The summed E-state index contributed by atoms with van der Waals surface area (Å²) >= 11 is 0. The molecule has 0 aliphatic rings. The van der Waals surface area contributed by atoms with Crippen molar-refractivity contribution in [3.05, 3.63) is 59.7 Å². The van der Waals surface area contributed by atoms with Crippen LogP contribution in [0.25, 0.3) is 6.08 Å². The molecule has 0 radical (unpaired) electrons. The highest BCUT2D eigenvalue weighted by atomic mass is 16.5. The number of anilines is 1. The number of hydrogen-bond acceptors (Lipinski definition) is 5. The smallest absolute Gasteiger partial charge is 0.331 e. The van der Waals surface area contributed by atoms with Crippen LogP contribution in [-0.4, -0.2) is 30.2 Å². The van der Waals surface area contributed by atoms with Gasteiger partial charge in [0, 0.05) is 11.8 Å². The summed E-state index contributed by atoms with van der Waals surface area (Å²) in [4.78, 5) is 24.2. The van der Waals surface area contributed by atoms with Crippen LogP contribution in [0.2, 0.25) is 0 Å². The zero-order valence-corrected chi connectivity index (χ0v) is 16.4. The number of benzene rings is 2. The maximum atomic E-state index is 12.2. The first-order chi connectivity index (χ1) is 13.3. The summed E-state index contributed by atoms with van der Waals surface area (Å²) in [7, 11) is 1.44. The second-order valence-corrected chi connectivity index (χ2v) is 6.61. The van der Waals surface area contributed by atoms with Crippen molar-refractivity contribution in [3.63, 3.8) is 0 Å². The van der Waals surface area contributed by atoms with E-state index in [9.17, 15) is 14.7 Å². The molecule has 2 aromatic carbocycles. The normalized spacial score (nSPS) is 12.0. The van der Waals surface area contributed by atoms with E-state index in [1.807, 2.05) is 24.3 Å². The van der Waals surface area contributed by atoms with Gasteiger partial charge in [-0.1, -0.05) is 32.0 Å². The number of ether oxygens (including phenoxy) is 2. The predicted molar refractivity (Wildman–Crippen MR) is 108 cm³/mol. The number of methoxy groups -OCH3 is 1. The van der Waals surface area contributed by atoms with Crippen molar-refractivity contribution in [2.75, 3.05) is 12.4 Å². The minimum atomic E-state index is -0.948. The van der Waals surface area contributed by atoms with Gasteiger partial charge in [-0.3, -0.25) is 4.79 Å². The molecule has 148 valence electrons. The van der Waals surface area contributed by atoms with Crippen molar-refractivity contribution in [3.8, 4) is 11.5 Å².